The van der Waals surface area contributed by atoms with E-state index in [0.717, 1.165) is 4.47 Å². The summed E-state index contributed by atoms with van der Waals surface area (Å²) in [7, 11) is 0. The first-order valence-electron chi connectivity index (χ1n) is 7.84. The molecule has 2 amide bonds. The molecule has 0 aliphatic carbocycles. The molecule has 0 radical (unpaired) electrons. The molecule has 1 fully saturated rings. The molecule has 2 heterocycles. The number of nitrogens with zero attached hydrogens (tertiary/aromatic N) is 4. The van der Waals surface area contributed by atoms with Gasteiger partial charge in [0.05, 0.1) is 5.69 Å². The van der Waals surface area contributed by atoms with Gasteiger partial charge in [0.15, 0.2) is 0 Å². The molecular formula is C16H17BrN6O2. The molecule has 1 aliphatic heterocycles. The van der Waals surface area contributed by atoms with E-state index in [1.54, 1.807) is 11.0 Å². The third-order valence-corrected chi connectivity index (χ3v) is 4.67. The zero-order valence-corrected chi connectivity index (χ0v) is 15.0. The van der Waals surface area contributed by atoms with Crippen molar-refractivity contribution >= 4 is 33.4 Å². The average Bonchev–Trinajstić information content (AvgIpc) is 3.15. The number of rotatable bonds is 4. The number of aromatic nitrogens is 4. The molecule has 1 aromatic heterocycles. The van der Waals surface area contributed by atoms with Crippen LogP contribution >= 0.6 is 15.9 Å². The lowest BCUT2D eigenvalue weighted by Gasteiger charge is -2.30. The smallest absolute Gasteiger partial charge is 0.245 e. The summed E-state index contributed by atoms with van der Waals surface area (Å²) in [6.07, 6.45) is 2.55. The van der Waals surface area contributed by atoms with Gasteiger partial charge < -0.3 is 10.2 Å². The van der Waals surface area contributed by atoms with Crippen LogP contribution in [0.15, 0.2) is 35.3 Å². The summed E-state index contributed by atoms with van der Waals surface area (Å²) in [4.78, 5) is 26.0. The number of halogens is 1. The van der Waals surface area contributed by atoms with Crippen molar-refractivity contribution in [3.05, 3.63) is 35.3 Å². The number of piperidine rings is 1. The van der Waals surface area contributed by atoms with Crippen LogP contribution in [0, 0.1) is 5.92 Å². The fraction of sp³-hybridized carbons (Fsp3) is 0.312. The predicted octanol–water partition coefficient (Wildman–Crippen LogP) is 1.99. The number of carbonyl (C=O) groups is 2. The fourth-order valence-electron chi connectivity index (χ4n) is 2.82. The highest BCUT2D eigenvalue weighted by Gasteiger charge is 2.27. The first-order chi connectivity index (χ1) is 12.1. The van der Waals surface area contributed by atoms with Crippen molar-refractivity contribution < 1.29 is 9.59 Å². The van der Waals surface area contributed by atoms with Gasteiger partial charge in [-0.1, -0.05) is 22.5 Å². The first-order valence-corrected chi connectivity index (χ1v) is 8.63. The highest BCUT2D eigenvalue weighted by atomic mass is 79.9. The second-order valence-corrected chi connectivity index (χ2v) is 6.63. The minimum atomic E-state index is -0.147. The van der Waals surface area contributed by atoms with Gasteiger partial charge in [-0.25, -0.2) is 0 Å². The Kier molecular flexibility index (Phi) is 5.22. The SMILES string of the molecule is C=CC(=O)N1CCC(C(=O)Nc2cc(Br)ccc2-c2nn[nH]n2)CC1. The number of carbonyl (C=O) groups excluding carboxylic acids is 2. The van der Waals surface area contributed by atoms with Crippen LogP contribution in [-0.4, -0.2) is 50.4 Å². The van der Waals surface area contributed by atoms with E-state index in [1.165, 1.54) is 6.08 Å². The molecule has 2 N–H and O–H groups in total. The van der Waals surface area contributed by atoms with Crippen molar-refractivity contribution in [1.82, 2.24) is 25.5 Å². The lowest BCUT2D eigenvalue weighted by atomic mass is 9.95. The van der Waals surface area contributed by atoms with Crippen molar-refractivity contribution in [3.8, 4) is 11.4 Å². The zero-order chi connectivity index (χ0) is 17.8. The van der Waals surface area contributed by atoms with Crippen LogP contribution in [-0.2, 0) is 9.59 Å². The topological polar surface area (TPSA) is 104 Å². The molecular weight excluding hydrogens is 388 g/mol. The van der Waals surface area contributed by atoms with Gasteiger partial charge in [0, 0.05) is 29.0 Å². The van der Waals surface area contributed by atoms with E-state index < -0.39 is 0 Å². The molecule has 8 nitrogen and oxygen atoms in total. The number of H-pyrrole nitrogens is 1. The standard InChI is InChI=1S/C16H17BrN6O2/c1-2-14(24)23-7-5-10(6-8-23)16(25)18-13-9-11(17)3-4-12(13)15-19-21-22-20-15/h2-4,9-10H,1,5-8H2,(H,18,25)(H,19,20,21,22). The molecule has 25 heavy (non-hydrogen) atoms. The number of tetrazole rings is 1. The van der Waals surface area contributed by atoms with Gasteiger partial charge in [0.25, 0.3) is 0 Å². The highest BCUT2D eigenvalue weighted by Crippen LogP contribution is 2.29. The number of hydrogen-bond acceptors (Lipinski definition) is 5. The Balaban J connectivity index is 1.71. The van der Waals surface area contributed by atoms with Gasteiger partial charge in [0.1, 0.15) is 0 Å². The molecule has 0 unspecified atom stereocenters. The van der Waals surface area contributed by atoms with Crippen LogP contribution in [0.2, 0.25) is 0 Å². The molecule has 0 saturated carbocycles. The molecule has 0 spiro atoms. The minimum absolute atomic E-state index is 0.0754. The van der Waals surface area contributed by atoms with Crippen LogP contribution in [0.3, 0.4) is 0 Å². The Hall–Kier alpha value is -2.55. The van der Waals surface area contributed by atoms with Gasteiger partial charge in [-0.3, -0.25) is 9.59 Å². The number of likely N-dealkylation sites (tertiary alicyclic amines) is 1. The quantitative estimate of drug-likeness (QED) is 0.758. The Morgan fingerprint density at radius 3 is 2.76 bits per heavy atom. The Morgan fingerprint density at radius 1 is 1.36 bits per heavy atom. The van der Waals surface area contributed by atoms with Gasteiger partial charge in [-0.05, 0) is 42.3 Å². The summed E-state index contributed by atoms with van der Waals surface area (Å²) in [6.45, 7) is 4.60. The van der Waals surface area contributed by atoms with Crippen molar-refractivity contribution in [2.24, 2.45) is 5.92 Å². The maximum atomic E-state index is 12.6. The number of hydrogen-bond donors (Lipinski definition) is 2. The zero-order valence-electron chi connectivity index (χ0n) is 13.4. The van der Waals surface area contributed by atoms with E-state index in [4.69, 9.17) is 0 Å². The second-order valence-electron chi connectivity index (χ2n) is 5.72. The van der Waals surface area contributed by atoms with Gasteiger partial charge in [0.2, 0.25) is 17.6 Å². The number of aromatic amines is 1. The van der Waals surface area contributed by atoms with E-state index >= 15 is 0 Å². The van der Waals surface area contributed by atoms with Crippen LogP contribution in [0.1, 0.15) is 12.8 Å². The van der Waals surface area contributed by atoms with Crippen LogP contribution in [0.25, 0.3) is 11.4 Å². The summed E-state index contributed by atoms with van der Waals surface area (Å²) in [5.74, 6) is 0.0963. The minimum Gasteiger partial charge on any atom is -0.339 e. The predicted molar refractivity (Wildman–Crippen MR) is 95.4 cm³/mol. The molecule has 1 saturated heterocycles. The Bertz CT molecular complexity index is 784. The maximum Gasteiger partial charge on any atom is 0.245 e. The van der Waals surface area contributed by atoms with Crippen LogP contribution < -0.4 is 5.32 Å². The molecule has 1 aliphatic rings. The Labute approximate surface area is 152 Å². The summed E-state index contributed by atoms with van der Waals surface area (Å²) < 4.78 is 0.835. The van der Waals surface area contributed by atoms with Crippen molar-refractivity contribution in [2.45, 2.75) is 12.8 Å². The van der Waals surface area contributed by atoms with E-state index in [9.17, 15) is 9.59 Å². The second kappa shape index (κ2) is 7.56. The summed E-state index contributed by atoms with van der Waals surface area (Å²) in [6, 6.07) is 5.47. The fourth-order valence-corrected chi connectivity index (χ4v) is 3.18. The average molecular weight is 405 g/mol. The van der Waals surface area contributed by atoms with Gasteiger partial charge >= 0.3 is 0 Å². The molecule has 9 heteroatoms. The molecule has 2 aromatic rings. The lowest BCUT2D eigenvalue weighted by molar-refractivity contribution is -0.130. The summed E-state index contributed by atoms with van der Waals surface area (Å²) in [5.41, 5.74) is 1.30. The summed E-state index contributed by atoms with van der Waals surface area (Å²) >= 11 is 3.41. The van der Waals surface area contributed by atoms with E-state index in [-0.39, 0.29) is 17.7 Å². The van der Waals surface area contributed by atoms with Crippen molar-refractivity contribution in [1.29, 1.82) is 0 Å². The van der Waals surface area contributed by atoms with Crippen LogP contribution in [0.4, 0.5) is 5.69 Å². The Morgan fingerprint density at radius 2 is 2.12 bits per heavy atom. The number of nitrogens with one attached hydrogen (secondary N) is 2. The molecule has 3 rings (SSSR count). The molecule has 1 aromatic carbocycles. The van der Waals surface area contributed by atoms with Gasteiger partial charge in [-0.2, -0.15) is 5.21 Å². The number of amides is 2. The van der Waals surface area contributed by atoms with E-state index in [0.29, 0.717) is 43.0 Å². The molecule has 0 atom stereocenters. The largest absolute Gasteiger partial charge is 0.339 e. The van der Waals surface area contributed by atoms with E-state index in [2.05, 4.69) is 48.4 Å². The van der Waals surface area contributed by atoms with Gasteiger partial charge in [-0.15, -0.1) is 10.2 Å². The number of benzene rings is 1. The molecule has 130 valence electrons. The third-order valence-electron chi connectivity index (χ3n) is 4.18. The first kappa shape index (κ1) is 17.3. The van der Waals surface area contributed by atoms with Crippen molar-refractivity contribution in [2.75, 3.05) is 18.4 Å². The maximum absolute atomic E-state index is 12.6. The molecule has 0 bridgehead atoms. The van der Waals surface area contributed by atoms with E-state index in [1.807, 2.05) is 12.1 Å². The highest BCUT2D eigenvalue weighted by molar-refractivity contribution is 9.10. The summed E-state index contributed by atoms with van der Waals surface area (Å²) in [5, 5.41) is 16.9. The van der Waals surface area contributed by atoms with Crippen LogP contribution in [0.5, 0.6) is 0 Å². The third kappa shape index (κ3) is 3.93. The monoisotopic (exact) mass is 404 g/mol. The number of anilines is 1. The lowest BCUT2D eigenvalue weighted by Crippen LogP contribution is -2.40. The normalized spacial score (nSPS) is 15.0. The van der Waals surface area contributed by atoms with Crippen molar-refractivity contribution in [3.63, 3.8) is 0 Å².